The van der Waals surface area contributed by atoms with E-state index < -0.39 is 5.91 Å². The van der Waals surface area contributed by atoms with Gasteiger partial charge in [0.1, 0.15) is 5.75 Å². The third-order valence-corrected chi connectivity index (χ3v) is 4.60. The number of thiophene rings is 1. The minimum Gasteiger partial charge on any atom is -0.508 e. The summed E-state index contributed by atoms with van der Waals surface area (Å²) in [5, 5.41) is 13.3. The second kappa shape index (κ2) is 15.1. The van der Waals surface area contributed by atoms with Crippen LogP contribution >= 0.6 is 11.3 Å². The molecule has 1 aromatic carbocycles. The molecule has 29 heavy (non-hydrogen) atoms. The van der Waals surface area contributed by atoms with Crippen molar-refractivity contribution >= 4 is 29.6 Å². The Morgan fingerprint density at radius 3 is 2.24 bits per heavy atom. The average Bonchev–Trinajstić information content (AvgIpc) is 3.15. The molecule has 0 spiro atoms. The van der Waals surface area contributed by atoms with Gasteiger partial charge in [-0.05, 0) is 54.6 Å². The predicted octanol–water partition coefficient (Wildman–Crippen LogP) is 3.17. The lowest BCUT2D eigenvalue weighted by Crippen LogP contribution is -2.37. The predicted molar refractivity (Wildman–Crippen MR) is 117 cm³/mol. The van der Waals surface area contributed by atoms with Crippen LogP contribution in [0.5, 0.6) is 5.75 Å². The van der Waals surface area contributed by atoms with Crippen molar-refractivity contribution in [2.75, 3.05) is 19.6 Å². The van der Waals surface area contributed by atoms with Crippen molar-refractivity contribution in [1.29, 1.82) is 0 Å². The largest absolute Gasteiger partial charge is 0.508 e. The van der Waals surface area contributed by atoms with Crippen molar-refractivity contribution in [2.24, 2.45) is 5.73 Å². The van der Waals surface area contributed by atoms with E-state index in [-0.39, 0.29) is 11.7 Å². The molecule has 3 amide bonds. The molecule has 160 valence electrons. The van der Waals surface area contributed by atoms with E-state index in [0.29, 0.717) is 25.1 Å². The SMILES string of the molecule is CC.CCCN(CCNC=O)C(=O)c1sccc1C.NC(=O)c1ccc(O)cc1. The first-order chi connectivity index (χ1) is 13.9. The van der Waals surface area contributed by atoms with Crippen LogP contribution < -0.4 is 11.1 Å². The normalized spacial score (nSPS) is 9.24. The van der Waals surface area contributed by atoms with Crippen LogP contribution in [-0.2, 0) is 4.79 Å². The third kappa shape index (κ3) is 9.75. The van der Waals surface area contributed by atoms with E-state index in [9.17, 15) is 14.4 Å². The maximum Gasteiger partial charge on any atom is 0.264 e. The number of nitrogens with one attached hydrogen (secondary N) is 1. The minimum absolute atomic E-state index is 0.0621. The fourth-order valence-corrected chi connectivity index (χ4v) is 3.10. The smallest absolute Gasteiger partial charge is 0.264 e. The van der Waals surface area contributed by atoms with Crippen molar-refractivity contribution in [3.8, 4) is 5.75 Å². The highest BCUT2D eigenvalue weighted by molar-refractivity contribution is 7.12. The van der Waals surface area contributed by atoms with Gasteiger partial charge in [-0.15, -0.1) is 11.3 Å². The van der Waals surface area contributed by atoms with Crippen molar-refractivity contribution in [3.63, 3.8) is 0 Å². The maximum absolute atomic E-state index is 12.2. The Morgan fingerprint density at radius 2 is 1.79 bits per heavy atom. The van der Waals surface area contributed by atoms with E-state index in [0.717, 1.165) is 23.4 Å². The number of phenolic OH excluding ortho intramolecular Hbond substituents is 1. The topological polar surface area (TPSA) is 113 Å². The van der Waals surface area contributed by atoms with Gasteiger partial charge >= 0.3 is 0 Å². The summed E-state index contributed by atoms with van der Waals surface area (Å²) >= 11 is 1.47. The Hall–Kier alpha value is -2.87. The van der Waals surface area contributed by atoms with Crippen molar-refractivity contribution in [3.05, 3.63) is 51.7 Å². The summed E-state index contributed by atoms with van der Waals surface area (Å²) in [5.74, 6) is -0.294. The van der Waals surface area contributed by atoms with E-state index in [1.54, 1.807) is 4.90 Å². The molecule has 1 heterocycles. The van der Waals surface area contributed by atoms with Gasteiger partial charge in [-0.25, -0.2) is 0 Å². The van der Waals surface area contributed by atoms with Crippen LogP contribution in [0.2, 0.25) is 0 Å². The number of carbonyl (C=O) groups is 3. The summed E-state index contributed by atoms with van der Waals surface area (Å²) in [4.78, 5) is 35.5. The van der Waals surface area contributed by atoms with Crippen LogP contribution in [0.25, 0.3) is 0 Å². The second-order valence-corrected chi connectivity index (χ2v) is 6.62. The van der Waals surface area contributed by atoms with Gasteiger partial charge in [0.15, 0.2) is 0 Å². The van der Waals surface area contributed by atoms with Crippen LogP contribution in [0, 0.1) is 6.92 Å². The molecule has 7 nitrogen and oxygen atoms in total. The molecule has 0 aliphatic heterocycles. The fourth-order valence-electron chi connectivity index (χ4n) is 2.20. The van der Waals surface area contributed by atoms with Gasteiger partial charge in [-0.1, -0.05) is 20.8 Å². The average molecular weight is 422 g/mol. The number of carbonyl (C=O) groups excluding carboxylic acids is 3. The van der Waals surface area contributed by atoms with Crippen molar-refractivity contribution in [2.45, 2.75) is 34.1 Å². The molecule has 8 heteroatoms. The lowest BCUT2D eigenvalue weighted by atomic mass is 10.2. The van der Waals surface area contributed by atoms with Gasteiger partial charge in [0.25, 0.3) is 5.91 Å². The van der Waals surface area contributed by atoms with E-state index >= 15 is 0 Å². The van der Waals surface area contributed by atoms with Gasteiger partial charge in [-0.2, -0.15) is 0 Å². The highest BCUT2D eigenvalue weighted by atomic mass is 32.1. The second-order valence-electron chi connectivity index (χ2n) is 5.71. The Bertz CT molecular complexity index is 745. The maximum atomic E-state index is 12.2. The molecule has 0 aliphatic rings. The summed E-state index contributed by atoms with van der Waals surface area (Å²) < 4.78 is 0. The summed E-state index contributed by atoms with van der Waals surface area (Å²) in [7, 11) is 0. The van der Waals surface area contributed by atoms with Crippen LogP contribution in [0.15, 0.2) is 35.7 Å². The number of phenols is 1. The van der Waals surface area contributed by atoms with Gasteiger partial charge in [-0.3, -0.25) is 14.4 Å². The van der Waals surface area contributed by atoms with Gasteiger partial charge in [0.05, 0.1) is 4.88 Å². The number of hydrogen-bond donors (Lipinski definition) is 3. The Kier molecular flexibility index (Phi) is 13.6. The van der Waals surface area contributed by atoms with Gasteiger partial charge in [0.2, 0.25) is 12.3 Å². The van der Waals surface area contributed by atoms with E-state index in [1.165, 1.54) is 35.6 Å². The minimum atomic E-state index is -0.486. The molecule has 0 fully saturated rings. The zero-order chi connectivity index (χ0) is 22.2. The summed E-state index contributed by atoms with van der Waals surface area (Å²) in [6.45, 7) is 9.76. The first-order valence-corrected chi connectivity index (χ1v) is 10.4. The molecular weight excluding hydrogens is 390 g/mol. The number of rotatable bonds is 8. The Labute approximate surface area is 176 Å². The molecule has 2 aromatic rings. The first kappa shape index (κ1) is 26.1. The highest BCUT2D eigenvalue weighted by Crippen LogP contribution is 2.18. The van der Waals surface area contributed by atoms with E-state index in [4.69, 9.17) is 10.8 Å². The molecule has 1 aromatic heterocycles. The molecule has 0 radical (unpaired) electrons. The quantitative estimate of drug-likeness (QED) is 0.449. The van der Waals surface area contributed by atoms with E-state index in [2.05, 4.69) is 5.32 Å². The standard InChI is InChI=1S/C12H18N2O2S.C7H7NO2.C2H6/c1-3-6-14(7-5-13-9-15)12(16)11-10(2)4-8-17-11;8-7(10)5-1-3-6(9)4-2-5;1-2/h4,8-9H,3,5-7H2,1-2H3,(H,13,15);1-4,9H,(H2,8,10);1-2H3. The molecule has 0 aliphatic carbocycles. The molecule has 0 bridgehead atoms. The molecular formula is C21H31N3O4S. The molecule has 2 rings (SSSR count). The number of aromatic hydroxyl groups is 1. The van der Waals surface area contributed by atoms with Crippen LogP contribution in [-0.4, -0.2) is 47.9 Å². The molecule has 0 saturated carbocycles. The highest BCUT2D eigenvalue weighted by Gasteiger charge is 2.17. The molecule has 0 atom stereocenters. The molecule has 4 N–H and O–H groups in total. The van der Waals surface area contributed by atoms with Crippen molar-refractivity contribution in [1.82, 2.24) is 10.2 Å². The van der Waals surface area contributed by atoms with Crippen molar-refractivity contribution < 1.29 is 19.5 Å². The Morgan fingerprint density at radius 1 is 1.17 bits per heavy atom. The summed E-state index contributed by atoms with van der Waals surface area (Å²) in [5.41, 5.74) is 6.36. The number of nitrogens with two attached hydrogens (primary N) is 1. The molecule has 0 saturated heterocycles. The Balaban J connectivity index is 0.000000554. The zero-order valence-electron chi connectivity index (χ0n) is 17.5. The van der Waals surface area contributed by atoms with Crippen LogP contribution in [0.4, 0.5) is 0 Å². The number of amides is 3. The van der Waals surface area contributed by atoms with E-state index in [1.807, 2.05) is 39.1 Å². The summed E-state index contributed by atoms with van der Waals surface area (Å²) in [6, 6.07) is 7.72. The molecule has 0 unspecified atom stereocenters. The number of benzene rings is 1. The number of nitrogens with zero attached hydrogens (tertiary/aromatic N) is 1. The zero-order valence-corrected chi connectivity index (χ0v) is 18.3. The van der Waals surface area contributed by atoms with Gasteiger partial charge < -0.3 is 21.1 Å². The first-order valence-electron chi connectivity index (χ1n) is 9.49. The van der Waals surface area contributed by atoms with Crippen LogP contribution in [0.3, 0.4) is 0 Å². The third-order valence-electron chi connectivity index (χ3n) is 3.60. The summed E-state index contributed by atoms with van der Waals surface area (Å²) in [6.07, 6.45) is 1.57. The lowest BCUT2D eigenvalue weighted by molar-refractivity contribution is -0.109. The monoisotopic (exact) mass is 421 g/mol. The number of primary amides is 1. The van der Waals surface area contributed by atoms with Gasteiger partial charge in [0, 0.05) is 25.2 Å². The van der Waals surface area contributed by atoms with Crippen LogP contribution in [0.1, 0.15) is 52.8 Å². The number of aryl methyl sites for hydroxylation is 1. The number of hydrogen-bond acceptors (Lipinski definition) is 5. The fraction of sp³-hybridized carbons (Fsp3) is 0.381. The lowest BCUT2D eigenvalue weighted by Gasteiger charge is -2.21.